The van der Waals surface area contributed by atoms with E-state index < -0.39 is 0 Å². The molecule has 0 spiro atoms. The Labute approximate surface area is 104 Å². The number of aryl methyl sites for hydroxylation is 1. The van der Waals surface area contributed by atoms with Gasteiger partial charge in [-0.15, -0.1) is 0 Å². The summed E-state index contributed by atoms with van der Waals surface area (Å²) >= 11 is 0. The summed E-state index contributed by atoms with van der Waals surface area (Å²) in [4.78, 5) is 8.49. The highest BCUT2D eigenvalue weighted by atomic mass is 14.9. The fraction of sp³-hybridized carbons (Fsp3) is 0.571. The van der Waals surface area contributed by atoms with Crippen LogP contribution in [0.4, 0.5) is 0 Å². The lowest BCUT2D eigenvalue weighted by atomic mass is 10.1. The third-order valence-corrected chi connectivity index (χ3v) is 2.51. The number of hydrogen-bond donors (Lipinski definition) is 1. The third-order valence-electron chi connectivity index (χ3n) is 2.51. The molecule has 17 heavy (non-hydrogen) atoms. The van der Waals surface area contributed by atoms with Gasteiger partial charge in [-0.2, -0.15) is 0 Å². The Morgan fingerprint density at radius 2 is 2.24 bits per heavy atom. The van der Waals surface area contributed by atoms with E-state index in [2.05, 4.69) is 42.1 Å². The molecule has 94 valence electrons. The second kappa shape index (κ2) is 7.17. The van der Waals surface area contributed by atoms with Gasteiger partial charge in [0.2, 0.25) is 0 Å². The fourth-order valence-corrected chi connectivity index (χ4v) is 1.56. The Bertz CT molecular complexity index is 369. The van der Waals surface area contributed by atoms with Crippen molar-refractivity contribution in [2.75, 3.05) is 13.1 Å². The minimum atomic E-state index is 0.689. The number of nitrogens with one attached hydrogen (secondary N) is 1. The Balaban J connectivity index is 2.60. The van der Waals surface area contributed by atoms with Crippen LogP contribution >= 0.6 is 0 Å². The topological polar surface area (TPSA) is 37.8 Å². The number of nitrogens with zero attached hydrogens (tertiary/aromatic N) is 2. The maximum absolute atomic E-state index is 4.39. The van der Waals surface area contributed by atoms with Crippen molar-refractivity contribution >= 4 is 6.08 Å². The second-order valence-electron chi connectivity index (χ2n) is 4.71. The summed E-state index contributed by atoms with van der Waals surface area (Å²) < 4.78 is 0. The number of aromatic nitrogens is 2. The molecule has 1 N–H and O–H groups in total. The molecule has 0 radical (unpaired) electrons. The lowest BCUT2D eigenvalue weighted by Crippen LogP contribution is -2.21. The molecule has 1 rings (SSSR count). The molecule has 0 fully saturated rings. The van der Waals surface area contributed by atoms with Crippen LogP contribution in [-0.4, -0.2) is 23.1 Å². The Morgan fingerprint density at radius 1 is 1.47 bits per heavy atom. The molecule has 0 amide bonds. The van der Waals surface area contributed by atoms with E-state index in [1.54, 1.807) is 0 Å². The molecule has 0 aliphatic carbocycles. The largest absolute Gasteiger partial charge is 0.313 e. The normalized spacial score (nSPS) is 12.2. The Kier molecular flexibility index (Phi) is 5.84. The van der Waals surface area contributed by atoms with E-state index >= 15 is 0 Å². The van der Waals surface area contributed by atoms with Crippen molar-refractivity contribution in [3.05, 3.63) is 29.4 Å². The zero-order valence-electron chi connectivity index (χ0n) is 11.3. The zero-order chi connectivity index (χ0) is 12.7. The van der Waals surface area contributed by atoms with E-state index in [1.165, 1.54) is 5.57 Å². The first-order chi connectivity index (χ1) is 8.11. The minimum Gasteiger partial charge on any atom is -0.313 e. The van der Waals surface area contributed by atoms with E-state index in [0.717, 1.165) is 31.0 Å². The first-order valence-corrected chi connectivity index (χ1v) is 6.31. The van der Waals surface area contributed by atoms with Gasteiger partial charge in [0.05, 0.1) is 5.69 Å². The molecule has 0 aliphatic rings. The van der Waals surface area contributed by atoms with Crippen molar-refractivity contribution < 1.29 is 0 Å². The predicted octanol–water partition coefficient (Wildman–Crippen LogP) is 2.82. The molecule has 0 atom stereocenters. The van der Waals surface area contributed by atoms with E-state index in [1.807, 2.05) is 19.2 Å². The molecule has 0 aromatic carbocycles. The molecule has 1 aromatic heterocycles. The summed E-state index contributed by atoms with van der Waals surface area (Å²) in [5.74, 6) is 1.51. The van der Waals surface area contributed by atoms with Crippen molar-refractivity contribution in [1.82, 2.24) is 15.3 Å². The molecule has 1 aromatic rings. The molecule has 0 saturated heterocycles. The maximum Gasteiger partial charge on any atom is 0.125 e. The van der Waals surface area contributed by atoms with Gasteiger partial charge in [0.25, 0.3) is 0 Å². The quantitative estimate of drug-likeness (QED) is 0.821. The fourth-order valence-electron chi connectivity index (χ4n) is 1.56. The van der Waals surface area contributed by atoms with Gasteiger partial charge in [-0.3, -0.25) is 0 Å². The minimum absolute atomic E-state index is 0.689. The van der Waals surface area contributed by atoms with Gasteiger partial charge in [0.15, 0.2) is 0 Å². The van der Waals surface area contributed by atoms with Gasteiger partial charge in [0, 0.05) is 12.7 Å². The van der Waals surface area contributed by atoms with Crippen LogP contribution in [0.25, 0.3) is 6.08 Å². The van der Waals surface area contributed by atoms with Crippen molar-refractivity contribution in [3.63, 3.8) is 0 Å². The smallest absolute Gasteiger partial charge is 0.125 e. The van der Waals surface area contributed by atoms with Gasteiger partial charge in [-0.25, -0.2) is 9.97 Å². The second-order valence-corrected chi connectivity index (χ2v) is 4.71. The van der Waals surface area contributed by atoms with Gasteiger partial charge in [-0.05, 0) is 37.9 Å². The van der Waals surface area contributed by atoms with Crippen LogP contribution in [0.2, 0.25) is 0 Å². The van der Waals surface area contributed by atoms with Crippen LogP contribution in [0, 0.1) is 12.8 Å². The summed E-state index contributed by atoms with van der Waals surface area (Å²) in [7, 11) is 0. The van der Waals surface area contributed by atoms with Crippen molar-refractivity contribution in [1.29, 1.82) is 0 Å². The molecule has 3 nitrogen and oxygen atoms in total. The summed E-state index contributed by atoms with van der Waals surface area (Å²) in [5.41, 5.74) is 2.38. The maximum atomic E-state index is 4.39. The third kappa shape index (κ3) is 5.59. The molecule has 1 heterocycles. The summed E-state index contributed by atoms with van der Waals surface area (Å²) in [6, 6.07) is 1.95. The van der Waals surface area contributed by atoms with Crippen LogP contribution < -0.4 is 5.32 Å². The van der Waals surface area contributed by atoms with Crippen LogP contribution in [0.5, 0.6) is 0 Å². The molecular formula is C14H23N3. The molecule has 3 heteroatoms. The Morgan fingerprint density at radius 3 is 2.82 bits per heavy atom. The highest BCUT2D eigenvalue weighted by Gasteiger charge is 1.98. The lowest BCUT2D eigenvalue weighted by molar-refractivity contribution is 0.569. The van der Waals surface area contributed by atoms with Gasteiger partial charge in [0.1, 0.15) is 5.82 Å². The monoisotopic (exact) mass is 233 g/mol. The van der Waals surface area contributed by atoms with E-state index in [0.29, 0.717) is 5.92 Å². The molecule has 0 saturated carbocycles. The summed E-state index contributed by atoms with van der Waals surface area (Å²) in [6.45, 7) is 10.5. The first-order valence-electron chi connectivity index (χ1n) is 6.31. The van der Waals surface area contributed by atoms with Crippen LogP contribution in [-0.2, 0) is 0 Å². The van der Waals surface area contributed by atoms with Crippen LogP contribution in [0.15, 0.2) is 17.8 Å². The average Bonchev–Trinajstić information content (AvgIpc) is 2.27. The molecular weight excluding hydrogens is 210 g/mol. The van der Waals surface area contributed by atoms with Gasteiger partial charge < -0.3 is 5.32 Å². The summed E-state index contributed by atoms with van der Waals surface area (Å²) in [6.07, 6.45) is 5.01. The first kappa shape index (κ1) is 13.8. The standard InChI is InChI=1S/C14H23N3/c1-5-13(10-15-9-11(2)3)8-14-6-7-16-12(4)17-14/h6-8,11,15H,5,9-10H2,1-4H3/b13-8-. The van der Waals surface area contributed by atoms with Crippen molar-refractivity contribution in [2.45, 2.75) is 34.1 Å². The Hall–Kier alpha value is -1.22. The number of hydrogen-bond acceptors (Lipinski definition) is 3. The number of rotatable bonds is 6. The molecule has 0 bridgehead atoms. The van der Waals surface area contributed by atoms with E-state index in [9.17, 15) is 0 Å². The van der Waals surface area contributed by atoms with Crippen molar-refractivity contribution in [2.24, 2.45) is 5.92 Å². The average molecular weight is 233 g/mol. The molecule has 0 aliphatic heterocycles. The lowest BCUT2D eigenvalue weighted by Gasteiger charge is -2.09. The van der Waals surface area contributed by atoms with E-state index in [-0.39, 0.29) is 0 Å². The molecule has 0 unspecified atom stereocenters. The SMILES string of the molecule is CC/C(=C/c1ccnc(C)n1)CNCC(C)C. The van der Waals surface area contributed by atoms with E-state index in [4.69, 9.17) is 0 Å². The van der Waals surface area contributed by atoms with Crippen LogP contribution in [0.1, 0.15) is 38.7 Å². The highest BCUT2D eigenvalue weighted by molar-refractivity contribution is 5.48. The summed E-state index contributed by atoms with van der Waals surface area (Å²) in [5, 5.41) is 3.46. The van der Waals surface area contributed by atoms with Gasteiger partial charge >= 0.3 is 0 Å². The van der Waals surface area contributed by atoms with Crippen molar-refractivity contribution in [3.8, 4) is 0 Å². The highest BCUT2D eigenvalue weighted by Crippen LogP contribution is 2.07. The zero-order valence-corrected chi connectivity index (χ0v) is 11.3. The predicted molar refractivity (Wildman–Crippen MR) is 72.7 cm³/mol. The van der Waals surface area contributed by atoms with Crippen LogP contribution in [0.3, 0.4) is 0 Å². The van der Waals surface area contributed by atoms with Gasteiger partial charge in [-0.1, -0.05) is 26.3 Å².